The zero-order valence-electron chi connectivity index (χ0n) is 18.0. The van der Waals surface area contributed by atoms with E-state index in [-0.39, 0.29) is 22.6 Å². The molecule has 0 aliphatic heterocycles. The summed E-state index contributed by atoms with van der Waals surface area (Å²) in [6.45, 7) is 4.25. The Labute approximate surface area is 187 Å². The van der Waals surface area contributed by atoms with E-state index >= 15 is 0 Å². The van der Waals surface area contributed by atoms with Crippen LogP contribution in [0, 0.1) is 5.92 Å². The van der Waals surface area contributed by atoms with Crippen molar-refractivity contribution in [3.05, 3.63) is 54.1 Å². The van der Waals surface area contributed by atoms with Gasteiger partial charge in [-0.2, -0.15) is 0 Å². The number of hydrogen-bond acceptors (Lipinski definition) is 6. The summed E-state index contributed by atoms with van der Waals surface area (Å²) in [4.78, 5) is 17.1. The summed E-state index contributed by atoms with van der Waals surface area (Å²) in [5.74, 6) is 0.470. The van der Waals surface area contributed by atoms with Gasteiger partial charge in [0.2, 0.25) is 15.9 Å². The standard InChI is InChI=1S/C22H27N3O4S2/c1-15(2)12-18(16-8-6-5-7-9-16)23-21(26)14-30-22-24-19-13-17(10-11-20(19)29-22)31(27,28)25(3)4/h5-11,13,15,18H,12,14H2,1-4H3,(H,23,26). The van der Waals surface area contributed by atoms with E-state index in [1.165, 1.54) is 38.0 Å². The molecule has 0 bridgehead atoms. The molecule has 31 heavy (non-hydrogen) atoms. The minimum atomic E-state index is -3.55. The van der Waals surface area contributed by atoms with Gasteiger partial charge in [0.25, 0.3) is 5.22 Å². The van der Waals surface area contributed by atoms with Crippen LogP contribution < -0.4 is 5.32 Å². The van der Waals surface area contributed by atoms with Crippen molar-refractivity contribution >= 4 is 38.8 Å². The summed E-state index contributed by atoms with van der Waals surface area (Å²) in [6.07, 6.45) is 0.840. The number of carbonyl (C=O) groups excluding carboxylic acids is 1. The van der Waals surface area contributed by atoms with E-state index in [2.05, 4.69) is 24.1 Å². The van der Waals surface area contributed by atoms with Crippen molar-refractivity contribution in [1.82, 2.24) is 14.6 Å². The molecule has 0 saturated carbocycles. The molecule has 1 atom stereocenters. The first kappa shape index (κ1) is 23.3. The molecular weight excluding hydrogens is 434 g/mol. The van der Waals surface area contributed by atoms with Crippen LogP contribution in [0.2, 0.25) is 0 Å². The van der Waals surface area contributed by atoms with Crippen molar-refractivity contribution in [2.24, 2.45) is 5.92 Å². The lowest BCUT2D eigenvalue weighted by molar-refractivity contribution is -0.119. The number of amides is 1. The van der Waals surface area contributed by atoms with Crippen LogP contribution in [0.5, 0.6) is 0 Å². The van der Waals surface area contributed by atoms with E-state index in [0.717, 1.165) is 16.3 Å². The largest absolute Gasteiger partial charge is 0.431 e. The fourth-order valence-corrected chi connectivity index (χ4v) is 4.69. The lowest BCUT2D eigenvalue weighted by Crippen LogP contribution is -2.30. The molecule has 0 spiro atoms. The molecule has 0 fully saturated rings. The van der Waals surface area contributed by atoms with Crippen molar-refractivity contribution in [1.29, 1.82) is 0 Å². The molecule has 1 heterocycles. The highest BCUT2D eigenvalue weighted by Crippen LogP contribution is 2.27. The molecule has 0 saturated heterocycles. The predicted molar refractivity (Wildman–Crippen MR) is 122 cm³/mol. The Morgan fingerprint density at radius 3 is 2.52 bits per heavy atom. The monoisotopic (exact) mass is 461 g/mol. The van der Waals surface area contributed by atoms with E-state index < -0.39 is 10.0 Å². The minimum absolute atomic E-state index is 0.0586. The maximum atomic E-state index is 12.6. The zero-order valence-corrected chi connectivity index (χ0v) is 19.7. The van der Waals surface area contributed by atoms with Gasteiger partial charge in [0, 0.05) is 14.1 Å². The van der Waals surface area contributed by atoms with Crippen molar-refractivity contribution in [2.75, 3.05) is 19.8 Å². The molecule has 0 radical (unpaired) electrons. The molecule has 1 N–H and O–H groups in total. The molecule has 7 nitrogen and oxygen atoms in total. The molecule has 9 heteroatoms. The summed E-state index contributed by atoms with van der Waals surface area (Å²) < 4.78 is 31.4. The van der Waals surface area contributed by atoms with Gasteiger partial charge in [-0.1, -0.05) is 55.9 Å². The minimum Gasteiger partial charge on any atom is -0.431 e. The fraction of sp³-hybridized carbons (Fsp3) is 0.364. The van der Waals surface area contributed by atoms with Gasteiger partial charge in [-0.25, -0.2) is 17.7 Å². The van der Waals surface area contributed by atoms with Crippen LogP contribution in [0.25, 0.3) is 11.1 Å². The molecular formula is C22H27N3O4S2. The molecule has 3 aromatic rings. The molecule has 2 aromatic carbocycles. The van der Waals surface area contributed by atoms with Crippen LogP contribution in [0.1, 0.15) is 31.9 Å². The Balaban J connectivity index is 1.68. The third-order valence-corrected chi connectivity index (χ3v) is 7.33. The normalized spacial score (nSPS) is 13.1. The van der Waals surface area contributed by atoms with Crippen molar-refractivity contribution in [3.63, 3.8) is 0 Å². The second-order valence-corrected chi connectivity index (χ2v) is 10.9. The number of carbonyl (C=O) groups is 1. The van der Waals surface area contributed by atoms with E-state index in [1.54, 1.807) is 6.07 Å². The molecule has 1 unspecified atom stereocenters. The summed E-state index contributed by atoms with van der Waals surface area (Å²) in [5, 5.41) is 3.42. The number of rotatable bonds is 9. The lowest BCUT2D eigenvalue weighted by atomic mass is 9.97. The third-order valence-electron chi connectivity index (χ3n) is 4.69. The maximum Gasteiger partial charge on any atom is 0.257 e. The van der Waals surface area contributed by atoms with Gasteiger partial charge >= 0.3 is 0 Å². The number of fused-ring (bicyclic) bond motifs is 1. The Hall–Kier alpha value is -2.36. The highest BCUT2D eigenvalue weighted by molar-refractivity contribution is 7.99. The van der Waals surface area contributed by atoms with Gasteiger partial charge in [-0.15, -0.1) is 0 Å². The first-order valence-electron chi connectivity index (χ1n) is 9.97. The Kier molecular flexibility index (Phi) is 7.40. The average molecular weight is 462 g/mol. The number of hydrogen-bond donors (Lipinski definition) is 1. The topological polar surface area (TPSA) is 92.5 Å². The summed E-state index contributed by atoms with van der Waals surface area (Å²) in [6, 6.07) is 14.4. The summed E-state index contributed by atoms with van der Waals surface area (Å²) in [5.41, 5.74) is 1.99. The highest BCUT2D eigenvalue weighted by Gasteiger charge is 2.20. The third kappa shape index (κ3) is 5.87. The van der Waals surface area contributed by atoms with Crippen molar-refractivity contribution in [2.45, 2.75) is 36.4 Å². The van der Waals surface area contributed by atoms with Gasteiger partial charge in [-0.05, 0) is 36.1 Å². The predicted octanol–water partition coefficient (Wildman–Crippen LogP) is 4.07. The van der Waals surface area contributed by atoms with Crippen LogP contribution in [-0.4, -0.2) is 43.5 Å². The van der Waals surface area contributed by atoms with E-state index in [1.807, 2.05) is 30.3 Å². The average Bonchev–Trinajstić information content (AvgIpc) is 3.14. The van der Waals surface area contributed by atoms with Crippen LogP contribution in [-0.2, 0) is 14.8 Å². The van der Waals surface area contributed by atoms with E-state index in [0.29, 0.717) is 22.2 Å². The summed E-state index contributed by atoms with van der Waals surface area (Å²) in [7, 11) is -0.601. The molecule has 3 rings (SSSR count). The van der Waals surface area contributed by atoms with E-state index in [9.17, 15) is 13.2 Å². The zero-order chi connectivity index (χ0) is 22.6. The van der Waals surface area contributed by atoms with Gasteiger partial charge in [0.05, 0.1) is 16.7 Å². The highest BCUT2D eigenvalue weighted by atomic mass is 32.2. The van der Waals surface area contributed by atoms with Gasteiger partial charge < -0.3 is 9.73 Å². The second-order valence-electron chi connectivity index (χ2n) is 7.85. The number of thioether (sulfide) groups is 1. The molecule has 0 aliphatic rings. The fourth-order valence-electron chi connectivity index (χ4n) is 3.12. The SMILES string of the molecule is CC(C)CC(NC(=O)CSc1nc2cc(S(=O)(=O)N(C)C)ccc2o1)c1ccccc1. The van der Waals surface area contributed by atoms with E-state index in [4.69, 9.17) is 4.42 Å². The number of sulfonamides is 1. The first-order valence-corrected chi connectivity index (χ1v) is 12.4. The number of nitrogens with one attached hydrogen (secondary N) is 1. The lowest BCUT2D eigenvalue weighted by Gasteiger charge is -2.21. The van der Waals surface area contributed by atoms with Crippen LogP contribution in [0.4, 0.5) is 0 Å². The Morgan fingerprint density at radius 2 is 1.87 bits per heavy atom. The number of nitrogens with zero attached hydrogens (tertiary/aromatic N) is 2. The van der Waals surface area contributed by atoms with Crippen molar-refractivity contribution in [3.8, 4) is 0 Å². The maximum absolute atomic E-state index is 12.6. The quantitative estimate of drug-likeness (QED) is 0.483. The van der Waals surface area contributed by atoms with Gasteiger partial charge in [-0.3, -0.25) is 4.79 Å². The van der Waals surface area contributed by atoms with Crippen LogP contribution in [0.3, 0.4) is 0 Å². The molecule has 1 amide bonds. The van der Waals surface area contributed by atoms with Gasteiger partial charge in [0.1, 0.15) is 5.52 Å². The van der Waals surface area contributed by atoms with Crippen LogP contribution in [0.15, 0.2) is 63.1 Å². The number of aromatic nitrogens is 1. The Bertz CT molecular complexity index is 1140. The number of oxazole rings is 1. The molecule has 1 aromatic heterocycles. The second kappa shape index (κ2) is 9.84. The summed E-state index contributed by atoms with van der Waals surface area (Å²) >= 11 is 1.18. The smallest absolute Gasteiger partial charge is 0.257 e. The first-order chi connectivity index (χ1) is 14.7. The van der Waals surface area contributed by atoms with Crippen LogP contribution >= 0.6 is 11.8 Å². The molecule has 166 valence electrons. The molecule has 0 aliphatic carbocycles. The van der Waals surface area contributed by atoms with Crippen molar-refractivity contribution < 1.29 is 17.6 Å². The Morgan fingerprint density at radius 1 is 1.16 bits per heavy atom. The van der Waals surface area contributed by atoms with Gasteiger partial charge in [0.15, 0.2) is 5.58 Å². The number of benzene rings is 2.